The fourth-order valence-electron chi connectivity index (χ4n) is 3.89. The Labute approximate surface area is 129 Å². The third kappa shape index (κ3) is 5.01. The van der Waals surface area contributed by atoms with Crippen LogP contribution in [0.25, 0.3) is 0 Å². The molecular weight excluding hydrogens is 260 g/mol. The molecule has 1 saturated heterocycles. The van der Waals surface area contributed by atoms with Gasteiger partial charge in [-0.05, 0) is 71.6 Å². The molecule has 1 aliphatic rings. The number of benzene rings is 1. The molecule has 0 amide bonds. The number of phenolic OH excluding ortho intramolecular Hbond substituents is 1. The summed E-state index contributed by atoms with van der Waals surface area (Å²) in [6.07, 6.45) is 3.29. The summed E-state index contributed by atoms with van der Waals surface area (Å²) in [5, 5.41) is 16.9. The van der Waals surface area contributed by atoms with Crippen molar-refractivity contribution in [3.05, 3.63) is 29.8 Å². The van der Waals surface area contributed by atoms with E-state index in [1.54, 1.807) is 12.1 Å². The van der Waals surface area contributed by atoms with Gasteiger partial charge in [-0.25, -0.2) is 0 Å². The third-order valence-electron chi connectivity index (χ3n) is 4.19. The van der Waals surface area contributed by atoms with Crippen LogP contribution in [0.4, 0.5) is 0 Å². The molecule has 2 rings (SSSR count). The Morgan fingerprint density at radius 1 is 1.14 bits per heavy atom. The minimum absolute atomic E-state index is 0.178. The van der Waals surface area contributed by atoms with Crippen molar-refractivity contribution in [3.63, 3.8) is 0 Å². The van der Waals surface area contributed by atoms with E-state index in [0.717, 1.165) is 19.3 Å². The van der Waals surface area contributed by atoms with E-state index in [2.05, 4.69) is 45.3 Å². The molecule has 1 unspecified atom stereocenters. The van der Waals surface area contributed by atoms with Gasteiger partial charge in [-0.1, -0.05) is 12.1 Å². The molecule has 118 valence electrons. The zero-order chi connectivity index (χ0) is 15.7. The van der Waals surface area contributed by atoms with Crippen molar-refractivity contribution in [1.29, 1.82) is 0 Å². The van der Waals surface area contributed by atoms with E-state index in [9.17, 15) is 5.11 Å². The highest BCUT2D eigenvalue weighted by Gasteiger charge is 2.37. The zero-order valence-corrected chi connectivity index (χ0v) is 14.0. The van der Waals surface area contributed by atoms with Crippen LogP contribution in [0.2, 0.25) is 0 Å². The number of rotatable bonds is 4. The molecule has 1 aliphatic heterocycles. The molecule has 3 heteroatoms. The van der Waals surface area contributed by atoms with Crippen LogP contribution in [0.1, 0.15) is 53.0 Å². The van der Waals surface area contributed by atoms with Crippen LogP contribution in [0.15, 0.2) is 24.3 Å². The Balaban J connectivity index is 1.92. The van der Waals surface area contributed by atoms with Crippen molar-refractivity contribution in [1.82, 2.24) is 10.6 Å². The van der Waals surface area contributed by atoms with E-state index in [0.29, 0.717) is 17.8 Å². The summed E-state index contributed by atoms with van der Waals surface area (Å²) < 4.78 is 0. The van der Waals surface area contributed by atoms with Crippen LogP contribution in [-0.2, 0) is 6.42 Å². The molecule has 3 N–H and O–H groups in total. The predicted molar refractivity (Wildman–Crippen MR) is 88.7 cm³/mol. The van der Waals surface area contributed by atoms with Crippen molar-refractivity contribution >= 4 is 0 Å². The summed E-state index contributed by atoms with van der Waals surface area (Å²) in [5.74, 6) is 0.334. The largest absolute Gasteiger partial charge is 0.508 e. The molecule has 3 nitrogen and oxygen atoms in total. The van der Waals surface area contributed by atoms with Crippen LogP contribution < -0.4 is 10.6 Å². The average molecular weight is 290 g/mol. The molecule has 0 aromatic heterocycles. The summed E-state index contributed by atoms with van der Waals surface area (Å²) >= 11 is 0. The van der Waals surface area contributed by atoms with Gasteiger partial charge in [-0.3, -0.25) is 0 Å². The predicted octanol–water partition coefficient (Wildman–Crippen LogP) is 3.22. The highest BCUT2D eigenvalue weighted by molar-refractivity contribution is 5.26. The van der Waals surface area contributed by atoms with E-state index in [1.807, 2.05) is 12.1 Å². The average Bonchev–Trinajstić information content (AvgIpc) is 2.27. The van der Waals surface area contributed by atoms with Crippen molar-refractivity contribution in [2.24, 2.45) is 0 Å². The van der Waals surface area contributed by atoms with E-state index < -0.39 is 0 Å². The molecule has 1 aromatic rings. The van der Waals surface area contributed by atoms with Crippen molar-refractivity contribution in [2.75, 3.05) is 0 Å². The first-order chi connectivity index (χ1) is 9.65. The minimum Gasteiger partial charge on any atom is -0.508 e. The highest BCUT2D eigenvalue weighted by Crippen LogP contribution is 2.28. The number of phenols is 1. The maximum Gasteiger partial charge on any atom is 0.115 e. The molecule has 0 spiro atoms. The van der Waals surface area contributed by atoms with E-state index in [1.165, 1.54) is 5.56 Å². The quantitative estimate of drug-likeness (QED) is 0.798. The molecule has 1 atom stereocenters. The molecule has 0 saturated carbocycles. The van der Waals surface area contributed by atoms with Gasteiger partial charge in [0.2, 0.25) is 0 Å². The van der Waals surface area contributed by atoms with Gasteiger partial charge in [0.15, 0.2) is 0 Å². The second-order valence-corrected chi connectivity index (χ2v) is 7.94. The topological polar surface area (TPSA) is 44.3 Å². The first-order valence-corrected chi connectivity index (χ1v) is 7.99. The van der Waals surface area contributed by atoms with E-state index in [4.69, 9.17) is 0 Å². The van der Waals surface area contributed by atoms with Gasteiger partial charge in [0.1, 0.15) is 5.75 Å². The lowest BCUT2D eigenvalue weighted by molar-refractivity contribution is 0.141. The Morgan fingerprint density at radius 3 is 2.19 bits per heavy atom. The molecular formula is C18H30N2O. The zero-order valence-electron chi connectivity index (χ0n) is 14.0. The van der Waals surface area contributed by atoms with Crippen molar-refractivity contribution < 1.29 is 5.11 Å². The van der Waals surface area contributed by atoms with Crippen LogP contribution in [0, 0.1) is 0 Å². The fourth-order valence-corrected chi connectivity index (χ4v) is 3.89. The van der Waals surface area contributed by atoms with Gasteiger partial charge in [0.05, 0.1) is 0 Å². The summed E-state index contributed by atoms with van der Waals surface area (Å²) in [4.78, 5) is 0. The van der Waals surface area contributed by atoms with Gasteiger partial charge in [-0.15, -0.1) is 0 Å². The second kappa shape index (κ2) is 5.98. The minimum atomic E-state index is 0.178. The normalized spacial score (nSPS) is 22.9. The van der Waals surface area contributed by atoms with Crippen LogP contribution in [0.5, 0.6) is 5.75 Å². The molecule has 1 fully saturated rings. The molecule has 0 radical (unpaired) electrons. The number of aromatic hydroxyl groups is 1. The summed E-state index contributed by atoms with van der Waals surface area (Å²) in [5.41, 5.74) is 1.62. The Morgan fingerprint density at radius 2 is 1.67 bits per heavy atom. The van der Waals surface area contributed by atoms with Gasteiger partial charge >= 0.3 is 0 Å². The van der Waals surface area contributed by atoms with Gasteiger partial charge < -0.3 is 15.7 Å². The fraction of sp³-hybridized carbons (Fsp3) is 0.667. The Hall–Kier alpha value is -1.06. The smallest absolute Gasteiger partial charge is 0.115 e. The lowest BCUT2D eigenvalue weighted by Gasteiger charge is -2.47. The van der Waals surface area contributed by atoms with Crippen LogP contribution in [0.3, 0.4) is 0 Å². The molecule has 0 aliphatic carbocycles. The highest BCUT2D eigenvalue weighted by atomic mass is 16.3. The van der Waals surface area contributed by atoms with E-state index >= 15 is 0 Å². The molecule has 21 heavy (non-hydrogen) atoms. The summed E-state index contributed by atoms with van der Waals surface area (Å²) in [6, 6.07) is 8.51. The van der Waals surface area contributed by atoms with Crippen LogP contribution in [-0.4, -0.2) is 28.3 Å². The first-order valence-electron chi connectivity index (χ1n) is 7.99. The van der Waals surface area contributed by atoms with Gasteiger partial charge in [0.25, 0.3) is 0 Å². The van der Waals surface area contributed by atoms with Crippen molar-refractivity contribution in [2.45, 2.75) is 77.0 Å². The summed E-state index contributed by atoms with van der Waals surface area (Å²) in [7, 11) is 0. The maximum atomic E-state index is 9.34. The summed E-state index contributed by atoms with van der Waals surface area (Å²) in [6.45, 7) is 11.4. The van der Waals surface area contributed by atoms with E-state index in [-0.39, 0.29) is 11.1 Å². The Bertz CT molecular complexity index is 449. The molecule has 1 heterocycles. The Kier molecular flexibility index (Phi) is 4.64. The standard InChI is InChI=1S/C18H30N2O/c1-13(10-14-6-8-16(21)9-7-14)19-15-11-17(2,3)20-18(4,5)12-15/h6-9,13,15,19-21H,10-12H2,1-5H3. The third-order valence-corrected chi connectivity index (χ3v) is 4.19. The molecule has 0 bridgehead atoms. The monoisotopic (exact) mass is 290 g/mol. The number of nitrogens with one attached hydrogen (secondary N) is 2. The molecule has 1 aromatic carbocycles. The lowest BCUT2D eigenvalue weighted by Crippen LogP contribution is -2.62. The second-order valence-electron chi connectivity index (χ2n) is 7.94. The number of hydrogen-bond acceptors (Lipinski definition) is 3. The lowest BCUT2D eigenvalue weighted by atomic mass is 9.79. The maximum absolute atomic E-state index is 9.34. The SMILES string of the molecule is CC(Cc1ccc(O)cc1)NC1CC(C)(C)NC(C)(C)C1. The first kappa shape index (κ1) is 16.3. The number of hydrogen-bond donors (Lipinski definition) is 3. The number of piperidine rings is 1. The van der Waals surface area contributed by atoms with Crippen LogP contribution >= 0.6 is 0 Å². The van der Waals surface area contributed by atoms with Gasteiger partial charge in [0, 0.05) is 23.2 Å². The van der Waals surface area contributed by atoms with Gasteiger partial charge in [-0.2, -0.15) is 0 Å². The van der Waals surface area contributed by atoms with Crippen molar-refractivity contribution in [3.8, 4) is 5.75 Å².